The molecule has 1 heterocycles. The number of hydrogen-bond acceptors (Lipinski definition) is 4. The second kappa shape index (κ2) is 8.61. The van der Waals surface area contributed by atoms with Gasteiger partial charge in [0.15, 0.2) is 17.1 Å². The predicted octanol–water partition coefficient (Wildman–Crippen LogP) is 4.72. The van der Waals surface area contributed by atoms with E-state index in [1.165, 1.54) is 23.8 Å². The van der Waals surface area contributed by atoms with Crippen LogP contribution in [0, 0.1) is 0 Å². The number of rotatable bonds is 5. The monoisotopic (exact) mass is 446 g/mol. The number of halogens is 2. The Bertz CT molecular complexity index is 1150. The molecule has 4 nitrogen and oxygen atoms in total. The fourth-order valence-corrected chi connectivity index (χ4v) is 5.09. The van der Waals surface area contributed by atoms with Gasteiger partial charge in [0.05, 0.1) is 0 Å². The summed E-state index contributed by atoms with van der Waals surface area (Å²) >= 11 is 0. The van der Waals surface area contributed by atoms with Gasteiger partial charge in [-0.3, -0.25) is 19.4 Å². The number of carbonyl (C=O) groups excluding carboxylic acids is 2. The molecule has 2 aliphatic rings. The Kier molecular flexibility index (Phi) is 5.64. The minimum atomic E-state index is -2.68. The maximum Gasteiger partial charge on any atom is 0.263 e. The molecule has 3 aromatic rings. The molecule has 0 amide bonds. The Morgan fingerprint density at radius 1 is 0.758 bits per heavy atom. The maximum atomic E-state index is 13.8. The van der Waals surface area contributed by atoms with Gasteiger partial charge in [0, 0.05) is 49.4 Å². The van der Waals surface area contributed by atoms with E-state index in [4.69, 9.17) is 0 Å². The van der Waals surface area contributed by atoms with E-state index in [0.29, 0.717) is 42.9 Å². The number of Topliss-reactive ketones (excluding diaryl/α,β-unsaturated/α-hetero) is 2. The van der Waals surface area contributed by atoms with E-state index in [0.717, 1.165) is 6.54 Å². The largest absolute Gasteiger partial charge is 0.297 e. The van der Waals surface area contributed by atoms with Crippen LogP contribution in [0.25, 0.3) is 0 Å². The lowest BCUT2D eigenvalue weighted by molar-refractivity contribution is 0.0277. The van der Waals surface area contributed by atoms with Gasteiger partial charge in [-0.1, -0.05) is 72.8 Å². The number of fused-ring (bicyclic) bond motifs is 1. The third-order valence-electron chi connectivity index (χ3n) is 6.73. The van der Waals surface area contributed by atoms with Crippen molar-refractivity contribution in [3.05, 3.63) is 107 Å². The van der Waals surface area contributed by atoms with Crippen LogP contribution in [-0.4, -0.2) is 47.5 Å². The van der Waals surface area contributed by atoms with Crippen LogP contribution in [0.3, 0.4) is 0 Å². The van der Waals surface area contributed by atoms with Crippen LogP contribution in [0.2, 0.25) is 0 Å². The molecule has 0 aromatic heterocycles. The van der Waals surface area contributed by atoms with E-state index in [1.54, 1.807) is 30.3 Å². The zero-order chi connectivity index (χ0) is 23.0. The number of carbonyl (C=O) groups is 2. The maximum absolute atomic E-state index is 13.8. The first-order valence-corrected chi connectivity index (χ1v) is 11.1. The first-order valence-electron chi connectivity index (χ1n) is 11.1. The highest BCUT2D eigenvalue weighted by Crippen LogP contribution is 2.43. The molecule has 1 aliphatic carbocycles. The van der Waals surface area contributed by atoms with Gasteiger partial charge in [-0.05, 0) is 17.2 Å². The summed E-state index contributed by atoms with van der Waals surface area (Å²) in [6.07, 6.45) is -2.68. The molecule has 1 saturated heterocycles. The summed E-state index contributed by atoms with van der Waals surface area (Å²) in [6.45, 7) is 3.09. The van der Waals surface area contributed by atoms with Crippen molar-refractivity contribution in [3.8, 4) is 0 Å². The Morgan fingerprint density at radius 3 is 1.97 bits per heavy atom. The summed E-state index contributed by atoms with van der Waals surface area (Å²) in [5.41, 5.74) is 0.446. The van der Waals surface area contributed by atoms with Gasteiger partial charge in [0.2, 0.25) is 0 Å². The van der Waals surface area contributed by atoms with Crippen molar-refractivity contribution in [3.63, 3.8) is 0 Å². The molecule has 168 valence electrons. The molecule has 1 fully saturated rings. The van der Waals surface area contributed by atoms with Crippen LogP contribution in [-0.2, 0) is 12.1 Å². The lowest BCUT2D eigenvalue weighted by Gasteiger charge is -2.44. The van der Waals surface area contributed by atoms with Crippen LogP contribution in [0.1, 0.15) is 43.8 Å². The van der Waals surface area contributed by atoms with Crippen LogP contribution in [0.4, 0.5) is 8.78 Å². The van der Waals surface area contributed by atoms with Crippen molar-refractivity contribution in [1.29, 1.82) is 0 Å². The number of nitrogens with zero attached hydrogens (tertiary/aromatic N) is 2. The third kappa shape index (κ3) is 3.59. The van der Waals surface area contributed by atoms with Crippen molar-refractivity contribution < 1.29 is 18.4 Å². The molecule has 0 bridgehead atoms. The quantitative estimate of drug-likeness (QED) is 0.532. The normalized spacial score (nSPS) is 18.6. The van der Waals surface area contributed by atoms with E-state index >= 15 is 0 Å². The summed E-state index contributed by atoms with van der Waals surface area (Å²) in [7, 11) is 0. The molecule has 0 radical (unpaired) electrons. The lowest BCUT2D eigenvalue weighted by Crippen LogP contribution is -2.60. The van der Waals surface area contributed by atoms with Crippen molar-refractivity contribution in [2.75, 3.05) is 26.2 Å². The van der Waals surface area contributed by atoms with E-state index < -0.39 is 12.0 Å². The van der Waals surface area contributed by atoms with Gasteiger partial charge in [-0.2, -0.15) is 0 Å². The Balaban J connectivity index is 1.51. The average Bonchev–Trinajstić information content (AvgIpc) is 3.08. The molecule has 0 unspecified atom stereocenters. The molecule has 0 saturated carbocycles. The summed E-state index contributed by atoms with van der Waals surface area (Å²) in [6, 6.07) is 22.7. The molecule has 5 rings (SSSR count). The third-order valence-corrected chi connectivity index (χ3v) is 6.73. The van der Waals surface area contributed by atoms with Gasteiger partial charge in [0.1, 0.15) is 0 Å². The van der Waals surface area contributed by atoms with Crippen LogP contribution in [0.15, 0.2) is 78.9 Å². The molecule has 0 atom stereocenters. The van der Waals surface area contributed by atoms with Crippen molar-refractivity contribution in [2.24, 2.45) is 0 Å². The fourth-order valence-electron chi connectivity index (χ4n) is 5.09. The van der Waals surface area contributed by atoms with Gasteiger partial charge in [0.25, 0.3) is 6.43 Å². The zero-order valence-electron chi connectivity index (χ0n) is 18.1. The van der Waals surface area contributed by atoms with E-state index in [2.05, 4.69) is 17.0 Å². The van der Waals surface area contributed by atoms with Crippen molar-refractivity contribution >= 4 is 11.6 Å². The molecule has 33 heavy (non-hydrogen) atoms. The zero-order valence-corrected chi connectivity index (χ0v) is 18.1. The Morgan fingerprint density at radius 2 is 1.36 bits per heavy atom. The van der Waals surface area contributed by atoms with E-state index in [-0.39, 0.29) is 17.1 Å². The van der Waals surface area contributed by atoms with Gasteiger partial charge in [-0.25, -0.2) is 8.78 Å². The minimum Gasteiger partial charge on any atom is -0.297 e. The molecular weight excluding hydrogens is 422 g/mol. The Labute approximate surface area is 191 Å². The number of ketones is 2. The predicted molar refractivity (Wildman–Crippen MR) is 121 cm³/mol. The standard InChI is InChI=1S/C27H24F2N2O2/c28-26(29)20-9-6-10-21(17-20)27(24(32)22-11-4-5-12-23(22)25(27)33)31-15-13-30(14-16-31)18-19-7-2-1-3-8-19/h1-12,17,26H,13-16,18H2. The van der Waals surface area contributed by atoms with Crippen LogP contribution < -0.4 is 0 Å². The highest BCUT2D eigenvalue weighted by atomic mass is 19.3. The summed E-state index contributed by atoms with van der Waals surface area (Å²) in [5, 5.41) is 0. The van der Waals surface area contributed by atoms with Gasteiger partial charge in [-0.15, -0.1) is 0 Å². The summed E-state index contributed by atoms with van der Waals surface area (Å²) < 4.78 is 27.1. The molecular formula is C27H24F2N2O2. The van der Waals surface area contributed by atoms with Crippen molar-refractivity contribution in [1.82, 2.24) is 9.80 Å². The first-order chi connectivity index (χ1) is 16.0. The van der Waals surface area contributed by atoms with Gasteiger partial charge >= 0.3 is 0 Å². The Hall–Kier alpha value is -3.22. The molecule has 6 heteroatoms. The second-order valence-electron chi connectivity index (χ2n) is 8.59. The SMILES string of the molecule is O=C1c2ccccc2C(=O)C1(c1cccc(C(F)F)c1)N1CCN(Cc2ccccc2)CC1. The van der Waals surface area contributed by atoms with Crippen LogP contribution in [0.5, 0.6) is 0 Å². The first kappa shape index (κ1) is 21.6. The van der Waals surface area contributed by atoms with Crippen LogP contribution >= 0.6 is 0 Å². The molecule has 0 N–H and O–H groups in total. The molecule has 3 aromatic carbocycles. The average molecular weight is 446 g/mol. The second-order valence-corrected chi connectivity index (χ2v) is 8.59. The number of hydrogen-bond donors (Lipinski definition) is 0. The topological polar surface area (TPSA) is 40.6 Å². The number of piperazine rings is 1. The van der Waals surface area contributed by atoms with E-state index in [1.807, 2.05) is 23.1 Å². The minimum absolute atomic E-state index is 0.189. The van der Waals surface area contributed by atoms with Crippen molar-refractivity contribution in [2.45, 2.75) is 18.5 Å². The highest BCUT2D eigenvalue weighted by Gasteiger charge is 2.58. The van der Waals surface area contributed by atoms with E-state index in [9.17, 15) is 18.4 Å². The summed E-state index contributed by atoms with van der Waals surface area (Å²) in [5.74, 6) is -0.656. The highest BCUT2D eigenvalue weighted by molar-refractivity contribution is 6.32. The molecule has 1 aliphatic heterocycles. The molecule has 0 spiro atoms. The fraction of sp³-hybridized carbons (Fsp3) is 0.259. The van der Waals surface area contributed by atoms with Gasteiger partial charge < -0.3 is 0 Å². The lowest BCUT2D eigenvalue weighted by atomic mass is 9.81. The summed E-state index contributed by atoms with van der Waals surface area (Å²) in [4.78, 5) is 31.8. The number of benzene rings is 3. The smallest absolute Gasteiger partial charge is 0.263 e. The number of alkyl halides is 2.